The van der Waals surface area contributed by atoms with Gasteiger partial charge in [0, 0.05) is 17.1 Å². The van der Waals surface area contributed by atoms with E-state index in [1.807, 2.05) is 64.1 Å². The summed E-state index contributed by atoms with van der Waals surface area (Å²) in [5, 5.41) is 2.93. The first-order valence-corrected chi connectivity index (χ1v) is 14.4. The van der Waals surface area contributed by atoms with Crippen LogP contribution in [-0.4, -0.2) is 50.0 Å². The maximum absolute atomic E-state index is 13.7. The van der Waals surface area contributed by atoms with Crippen LogP contribution in [0.15, 0.2) is 53.0 Å². The summed E-state index contributed by atoms with van der Waals surface area (Å²) in [4.78, 5) is 28.1. The molecule has 9 heteroatoms. The van der Waals surface area contributed by atoms with Crippen molar-refractivity contribution < 1.29 is 18.0 Å². The lowest BCUT2D eigenvalue weighted by Gasteiger charge is -2.32. The number of carbonyl (C=O) groups excluding carboxylic acids is 2. The average Bonchev–Trinajstić information content (AvgIpc) is 2.79. The quantitative estimate of drug-likeness (QED) is 0.429. The molecule has 1 N–H and O–H groups in total. The minimum absolute atomic E-state index is 0.0433. The van der Waals surface area contributed by atoms with Crippen LogP contribution < -0.4 is 9.62 Å². The highest BCUT2D eigenvalue weighted by atomic mass is 79.9. The van der Waals surface area contributed by atoms with Crippen LogP contribution in [0.4, 0.5) is 5.69 Å². The predicted molar refractivity (Wildman–Crippen MR) is 145 cm³/mol. The molecule has 2 rings (SSSR count). The van der Waals surface area contributed by atoms with Gasteiger partial charge in [0.15, 0.2) is 0 Å². The Labute approximate surface area is 218 Å². The van der Waals surface area contributed by atoms with Crippen molar-refractivity contribution in [3.05, 3.63) is 64.1 Å². The Balaban J connectivity index is 2.45. The first-order valence-electron chi connectivity index (χ1n) is 11.8. The summed E-state index contributed by atoms with van der Waals surface area (Å²) in [6.07, 6.45) is 1.85. The second-order valence-corrected chi connectivity index (χ2v) is 12.0. The Hall–Kier alpha value is -2.39. The van der Waals surface area contributed by atoms with Crippen LogP contribution in [0.3, 0.4) is 0 Å². The van der Waals surface area contributed by atoms with Gasteiger partial charge < -0.3 is 10.2 Å². The summed E-state index contributed by atoms with van der Waals surface area (Å²) in [6, 6.07) is 13.8. The number of halogens is 1. The standard InChI is InChI=1S/C26H36BrN3O4S/c1-7-19(4)28-26(32)20(5)29(16-21-11-10-12-22(27)15-21)25(31)17-30(35(6,33)34)24-14-9-8-13-23(24)18(2)3/h8-15,18-20H,7,16-17H2,1-6H3,(H,28,32). The van der Waals surface area contributed by atoms with E-state index in [1.54, 1.807) is 19.1 Å². The Bertz CT molecular complexity index is 1140. The van der Waals surface area contributed by atoms with E-state index < -0.39 is 28.5 Å². The van der Waals surface area contributed by atoms with E-state index in [0.29, 0.717) is 5.69 Å². The monoisotopic (exact) mass is 565 g/mol. The molecule has 0 aromatic heterocycles. The van der Waals surface area contributed by atoms with E-state index in [4.69, 9.17) is 0 Å². The number of rotatable bonds is 11. The molecule has 0 radical (unpaired) electrons. The lowest BCUT2D eigenvalue weighted by molar-refractivity contribution is -0.139. The molecule has 35 heavy (non-hydrogen) atoms. The third-order valence-electron chi connectivity index (χ3n) is 5.92. The topological polar surface area (TPSA) is 86.8 Å². The molecule has 0 heterocycles. The fraction of sp³-hybridized carbons (Fsp3) is 0.462. The van der Waals surface area contributed by atoms with Gasteiger partial charge in [-0.25, -0.2) is 8.42 Å². The fourth-order valence-electron chi connectivity index (χ4n) is 3.68. The molecule has 0 aliphatic carbocycles. The zero-order chi connectivity index (χ0) is 26.3. The van der Waals surface area contributed by atoms with Crippen LogP contribution in [0, 0.1) is 0 Å². The molecule has 2 aromatic carbocycles. The number of para-hydroxylation sites is 1. The number of amides is 2. The molecule has 2 unspecified atom stereocenters. The average molecular weight is 567 g/mol. The van der Waals surface area contributed by atoms with E-state index in [1.165, 1.54) is 4.90 Å². The van der Waals surface area contributed by atoms with Gasteiger partial charge in [0.2, 0.25) is 21.8 Å². The van der Waals surface area contributed by atoms with E-state index in [9.17, 15) is 18.0 Å². The van der Waals surface area contributed by atoms with Crippen molar-refractivity contribution in [2.24, 2.45) is 0 Å². The minimum atomic E-state index is -3.77. The van der Waals surface area contributed by atoms with Crippen LogP contribution in [0.25, 0.3) is 0 Å². The lowest BCUT2D eigenvalue weighted by atomic mass is 10.0. The van der Waals surface area contributed by atoms with Gasteiger partial charge in [0.25, 0.3) is 0 Å². The van der Waals surface area contributed by atoms with Gasteiger partial charge >= 0.3 is 0 Å². The van der Waals surface area contributed by atoms with Crippen LogP contribution in [0.5, 0.6) is 0 Å². The van der Waals surface area contributed by atoms with Crippen molar-refractivity contribution in [3.63, 3.8) is 0 Å². The van der Waals surface area contributed by atoms with Crippen molar-refractivity contribution in [3.8, 4) is 0 Å². The molecule has 0 bridgehead atoms. The van der Waals surface area contributed by atoms with Crippen molar-refractivity contribution >= 4 is 43.5 Å². The van der Waals surface area contributed by atoms with Gasteiger partial charge in [-0.2, -0.15) is 0 Å². The van der Waals surface area contributed by atoms with Crippen LogP contribution in [0.1, 0.15) is 58.1 Å². The van der Waals surface area contributed by atoms with Gasteiger partial charge in [0.1, 0.15) is 12.6 Å². The van der Waals surface area contributed by atoms with Crippen LogP contribution >= 0.6 is 15.9 Å². The molecule has 0 saturated carbocycles. The van der Waals surface area contributed by atoms with Gasteiger partial charge in [-0.15, -0.1) is 0 Å². The van der Waals surface area contributed by atoms with E-state index in [-0.39, 0.29) is 24.4 Å². The number of hydrogen-bond donors (Lipinski definition) is 1. The Kier molecular flexibility index (Phi) is 10.3. The predicted octanol–water partition coefficient (Wildman–Crippen LogP) is 4.67. The highest BCUT2D eigenvalue weighted by Gasteiger charge is 2.31. The lowest BCUT2D eigenvalue weighted by Crippen LogP contribution is -2.52. The number of carbonyl (C=O) groups is 2. The smallest absolute Gasteiger partial charge is 0.244 e. The highest BCUT2D eigenvalue weighted by molar-refractivity contribution is 9.10. The summed E-state index contributed by atoms with van der Waals surface area (Å²) in [7, 11) is -3.77. The summed E-state index contributed by atoms with van der Waals surface area (Å²) < 4.78 is 27.6. The number of anilines is 1. The minimum Gasteiger partial charge on any atom is -0.352 e. The number of nitrogens with zero attached hydrogens (tertiary/aromatic N) is 2. The molecular formula is C26H36BrN3O4S. The van der Waals surface area contributed by atoms with E-state index in [2.05, 4.69) is 21.2 Å². The molecule has 0 fully saturated rings. The maximum Gasteiger partial charge on any atom is 0.244 e. The molecule has 0 aliphatic heterocycles. The number of benzene rings is 2. The Morgan fingerprint density at radius 2 is 1.69 bits per heavy atom. The first-order chi connectivity index (χ1) is 16.3. The van der Waals surface area contributed by atoms with Crippen molar-refractivity contribution in [1.82, 2.24) is 10.2 Å². The zero-order valence-corrected chi connectivity index (χ0v) is 23.7. The van der Waals surface area contributed by atoms with E-state index in [0.717, 1.165) is 32.6 Å². The van der Waals surface area contributed by atoms with Crippen LogP contribution in [-0.2, 0) is 26.2 Å². The SMILES string of the molecule is CCC(C)NC(=O)C(C)N(Cc1cccc(Br)c1)C(=O)CN(c1ccccc1C(C)C)S(C)(=O)=O. The maximum atomic E-state index is 13.7. The molecule has 0 spiro atoms. The first kappa shape index (κ1) is 28.8. The van der Waals surface area contributed by atoms with Crippen molar-refractivity contribution in [2.45, 2.75) is 65.6 Å². The number of hydrogen-bond acceptors (Lipinski definition) is 4. The fourth-order valence-corrected chi connectivity index (χ4v) is 4.99. The molecule has 2 amide bonds. The Morgan fingerprint density at radius 1 is 1.03 bits per heavy atom. The summed E-state index contributed by atoms with van der Waals surface area (Å²) in [5.41, 5.74) is 2.12. The molecule has 7 nitrogen and oxygen atoms in total. The second kappa shape index (κ2) is 12.5. The van der Waals surface area contributed by atoms with Gasteiger partial charge in [0.05, 0.1) is 11.9 Å². The third-order valence-corrected chi connectivity index (χ3v) is 7.54. The number of nitrogens with one attached hydrogen (secondary N) is 1. The van der Waals surface area contributed by atoms with Gasteiger partial charge in [-0.05, 0) is 55.5 Å². The zero-order valence-electron chi connectivity index (χ0n) is 21.3. The molecule has 192 valence electrons. The third kappa shape index (κ3) is 8.07. The number of sulfonamides is 1. The highest BCUT2D eigenvalue weighted by Crippen LogP contribution is 2.29. The molecule has 2 atom stereocenters. The normalized spacial score (nSPS) is 13.3. The second-order valence-electron chi connectivity index (χ2n) is 9.13. The van der Waals surface area contributed by atoms with Gasteiger partial charge in [-0.3, -0.25) is 13.9 Å². The van der Waals surface area contributed by atoms with E-state index >= 15 is 0 Å². The van der Waals surface area contributed by atoms with Gasteiger partial charge in [-0.1, -0.05) is 67.0 Å². The van der Waals surface area contributed by atoms with Crippen LogP contribution in [0.2, 0.25) is 0 Å². The summed E-state index contributed by atoms with van der Waals surface area (Å²) in [5.74, 6) is -0.680. The van der Waals surface area contributed by atoms with Crippen molar-refractivity contribution in [1.29, 1.82) is 0 Å². The summed E-state index contributed by atoms with van der Waals surface area (Å²) >= 11 is 3.45. The molecule has 2 aromatic rings. The Morgan fingerprint density at radius 3 is 2.26 bits per heavy atom. The molecule has 0 aliphatic rings. The summed E-state index contributed by atoms with van der Waals surface area (Å²) in [6.45, 7) is 9.24. The molecular weight excluding hydrogens is 530 g/mol. The largest absolute Gasteiger partial charge is 0.352 e. The van der Waals surface area contributed by atoms with Crippen molar-refractivity contribution in [2.75, 3.05) is 17.1 Å². The molecule has 0 saturated heterocycles.